The van der Waals surface area contributed by atoms with E-state index < -0.39 is 14.8 Å². The van der Waals surface area contributed by atoms with Gasteiger partial charge in [-0.25, -0.2) is 4.68 Å². The normalized spacial score (nSPS) is 10.8. The lowest BCUT2D eigenvalue weighted by atomic mass is 10.1. The molecule has 13 nitrogen and oxygen atoms in total. The van der Waals surface area contributed by atoms with E-state index in [-0.39, 0.29) is 17.1 Å². The molecule has 1 aromatic heterocycles. The maximum Gasteiger partial charge on any atom is 0.269 e. The lowest BCUT2D eigenvalue weighted by Crippen LogP contribution is -2.22. The van der Waals surface area contributed by atoms with Crippen molar-refractivity contribution < 1.29 is 14.8 Å². The Morgan fingerprint density at radius 2 is 1.02 bits per heavy atom. The van der Waals surface area contributed by atoms with Gasteiger partial charge in [0.2, 0.25) is 0 Å². The molecule has 0 aliphatic heterocycles. The molecule has 0 spiro atoms. The van der Waals surface area contributed by atoms with Gasteiger partial charge in [-0.15, -0.1) is 5.10 Å². The Balaban J connectivity index is 1.34. The summed E-state index contributed by atoms with van der Waals surface area (Å²) < 4.78 is 1.65. The predicted octanol–water partition coefficient (Wildman–Crippen LogP) is 5.92. The monoisotopic (exact) mass is 565 g/mol. The number of rotatable bonds is 11. The second-order valence-electron chi connectivity index (χ2n) is 9.47. The lowest BCUT2D eigenvalue weighted by Gasteiger charge is -2.25. The summed E-state index contributed by atoms with van der Waals surface area (Å²) in [4.78, 5) is 33.7. The number of nitrogens with zero attached hydrogens (tertiary/aromatic N) is 7. The maximum absolute atomic E-state index is 11.1. The van der Waals surface area contributed by atoms with E-state index in [2.05, 4.69) is 15.2 Å². The van der Waals surface area contributed by atoms with Crippen LogP contribution in [0.2, 0.25) is 0 Å². The van der Waals surface area contributed by atoms with Crippen LogP contribution in [0.25, 0.3) is 11.3 Å². The summed E-state index contributed by atoms with van der Waals surface area (Å²) in [5, 5.41) is 41.4. The van der Waals surface area contributed by atoms with E-state index in [1.54, 1.807) is 47.3 Å². The molecule has 4 aromatic carbocycles. The second-order valence-corrected chi connectivity index (χ2v) is 9.47. The topological polar surface area (TPSA) is 163 Å². The zero-order valence-corrected chi connectivity index (χ0v) is 22.0. The first-order valence-electron chi connectivity index (χ1n) is 12.7. The van der Waals surface area contributed by atoms with E-state index in [1.165, 1.54) is 36.4 Å². The van der Waals surface area contributed by atoms with Gasteiger partial charge in [0.15, 0.2) is 0 Å². The molecule has 0 aliphatic rings. The van der Waals surface area contributed by atoms with E-state index in [0.29, 0.717) is 25.3 Å². The van der Waals surface area contributed by atoms with Crippen LogP contribution in [0.3, 0.4) is 0 Å². The van der Waals surface area contributed by atoms with Gasteiger partial charge < -0.3 is 4.90 Å². The first kappa shape index (κ1) is 27.6. The highest BCUT2D eigenvalue weighted by Gasteiger charge is 2.14. The SMILES string of the molecule is O=[N+]([O-])c1ccc(CN(Cc2ccc([N+](=O)[O-])cc2)c2ccc(-c3cn(Cc4ccc([N+](=O)[O-])cc4)nn3)cc2)cc1. The third kappa shape index (κ3) is 6.59. The summed E-state index contributed by atoms with van der Waals surface area (Å²) in [6.07, 6.45) is 1.79. The Hall–Kier alpha value is -5.98. The van der Waals surface area contributed by atoms with Crippen LogP contribution < -0.4 is 4.90 Å². The zero-order valence-electron chi connectivity index (χ0n) is 22.0. The fraction of sp³-hybridized carbons (Fsp3) is 0.103. The van der Waals surface area contributed by atoms with E-state index in [0.717, 1.165) is 27.9 Å². The highest BCUT2D eigenvalue weighted by molar-refractivity contribution is 5.62. The molecule has 0 amide bonds. The van der Waals surface area contributed by atoms with E-state index >= 15 is 0 Å². The highest BCUT2D eigenvalue weighted by atomic mass is 16.6. The van der Waals surface area contributed by atoms with Crippen LogP contribution in [0.1, 0.15) is 16.7 Å². The van der Waals surface area contributed by atoms with Gasteiger partial charge in [0, 0.05) is 60.7 Å². The van der Waals surface area contributed by atoms with Gasteiger partial charge in [-0.1, -0.05) is 53.7 Å². The van der Waals surface area contributed by atoms with Crippen molar-refractivity contribution in [1.29, 1.82) is 0 Å². The summed E-state index contributed by atoms with van der Waals surface area (Å²) >= 11 is 0. The number of non-ortho nitro benzene ring substituents is 3. The number of hydrogen-bond donors (Lipinski definition) is 0. The standard InChI is InChI=1S/C29H23N7O6/c37-34(38)26-9-1-21(2-10-26)17-32(18-22-3-11-27(12-4-22)35(39)40)25-15-7-24(8-16-25)29-20-33(31-30-29)19-23-5-13-28(14-6-23)36(41)42/h1-16,20H,17-19H2. The van der Waals surface area contributed by atoms with Crippen molar-refractivity contribution in [3.8, 4) is 11.3 Å². The first-order chi connectivity index (χ1) is 20.2. The molecule has 0 saturated heterocycles. The van der Waals surface area contributed by atoms with Crippen molar-refractivity contribution in [3.63, 3.8) is 0 Å². The molecule has 0 N–H and O–H groups in total. The molecule has 0 bridgehead atoms. The Labute approximate surface area is 238 Å². The minimum atomic E-state index is -0.445. The molecule has 5 rings (SSSR count). The number of aromatic nitrogens is 3. The van der Waals surface area contributed by atoms with E-state index in [1.807, 2.05) is 24.3 Å². The van der Waals surface area contributed by atoms with Crippen molar-refractivity contribution in [2.24, 2.45) is 0 Å². The summed E-state index contributed by atoms with van der Waals surface area (Å²) in [7, 11) is 0. The molecule has 0 radical (unpaired) electrons. The van der Waals surface area contributed by atoms with Crippen molar-refractivity contribution in [2.45, 2.75) is 19.6 Å². The Morgan fingerprint density at radius 3 is 1.45 bits per heavy atom. The minimum absolute atomic E-state index is 0.00615. The quantitative estimate of drug-likeness (QED) is 0.140. The van der Waals surface area contributed by atoms with Gasteiger partial charge >= 0.3 is 0 Å². The van der Waals surface area contributed by atoms with E-state index in [4.69, 9.17) is 0 Å². The summed E-state index contributed by atoms with van der Waals surface area (Å²) in [6, 6.07) is 26.6. The number of nitro groups is 3. The molecular formula is C29H23N7O6. The van der Waals surface area contributed by atoms with Gasteiger partial charge in [0.25, 0.3) is 17.1 Å². The first-order valence-corrected chi connectivity index (χ1v) is 12.7. The molecule has 5 aromatic rings. The Morgan fingerprint density at radius 1 is 0.595 bits per heavy atom. The number of nitro benzene ring substituents is 3. The molecule has 0 saturated carbocycles. The van der Waals surface area contributed by atoms with Crippen molar-refractivity contribution in [1.82, 2.24) is 15.0 Å². The average Bonchev–Trinajstić information content (AvgIpc) is 3.46. The van der Waals surface area contributed by atoms with Crippen LogP contribution >= 0.6 is 0 Å². The van der Waals surface area contributed by atoms with Crippen LogP contribution in [0.15, 0.2) is 103 Å². The van der Waals surface area contributed by atoms with Gasteiger partial charge in [0.05, 0.1) is 27.5 Å². The molecule has 42 heavy (non-hydrogen) atoms. The number of anilines is 1. The Kier molecular flexibility index (Phi) is 7.91. The second kappa shape index (κ2) is 12.0. The fourth-order valence-electron chi connectivity index (χ4n) is 4.39. The van der Waals surface area contributed by atoms with Crippen LogP contribution in [0.5, 0.6) is 0 Å². The van der Waals surface area contributed by atoms with Gasteiger partial charge in [-0.3, -0.25) is 30.3 Å². The molecule has 1 heterocycles. The molecular weight excluding hydrogens is 542 g/mol. The highest BCUT2D eigenvalue weighted by Crippen LogP contribution is 2.26. The van der Waals surface area contributed by atoms with Crippen LogP contribution in [0, 0.1) is 30.3 Å². The van der Waals surface area contributed by atoms with Crippen LogP contribution in [-0.4, -0.2) is 29.8 Å². The summed E-state index contributed by atoms with van der Waals surface area (Å²) in [6.45, 7) is 1.29. The van der Waals surface area contributed by atoms with Crippen molar-refractivity contribution in [2.75, 3.05) is 4.90 Å². The summed E-state index contributed by atoms with van der Waals surface area (Å²) in [5.41, 5.74) is 4.96. The largest absolute Gasteiger partial charge is 0.363 e. The molecule has 0 atom stereocenters. The molecule has 13 heteroatoms. The average molecular weight is 566 g/mol. The number of hydrogen-bond acceptors (Lipinski definition) is 9. The number of benzene rings is 4. The molecule has 0 fully saturated rings. The third-order valence-corrected chi connectivity index (χ3v) is 6.60. The third-order valence-electron chi connectivity index (χ3n) is 6.60. The van der Waals surface area contributed by atoms with Crippen LogP contribution in [-0.2, 0) is 19.6 Å². The Bertz CT molecular complexity index is 1660. The minimum Gasteiger partial charge on any atom is -0.363 e. The molecule has 0 unspecified atom stereocenters. The molecule has 0 aliphatic carbocycles. The predicted molar refractivity (Wildman–Crippen MR) is 154 cm³/mol. The van der Waals surface area contributed by atoms with Crippen molar-refractivity contribution >= 4 is 22.7 Å². The summed E-state index contributed by atoms with van der Waals surface area (Å²) in [5.74, 6) is 0. The van der Waals surface area contributed by atoms with Crippen molar-refractivity contribution in [3.05, 3.63) is 150 Å². The smallest absolute Gasteiger partial charge is 0.269 e. The van der Waals surface area contributed by atoms with Crippen LogP contribution in [0.4, 0.5) is 22.7 Å². The van der Waals surface area contributed by atoms with Gasteiger partial charge in [-0.2, -0.15) is 0 Å². The maximum atomic E-state index is 11.1. The van der Waals surface area contributed by atoms with Gasteiger partial charge in [0.1, 0.15) is 5.69 Å². The fourth-order valence-corrected chi connectivity index (χ4v) is 4.39. The molecule has 210 valence electrons. The lowest BCUT2D eigenvalue weighted by molar-refractivity contribution is -0.385. The zero-order chi connectivity index (χ0) is 29.6. The van der Waals surface area contributed by atoms with Gasteiger partial charge in [-0.05, 0) is 28.8 Å². The van der Waals surface area contributed by atoms with E-state index in [9.17, 15) is 30.3 Å².